The fraction of sp³-hybridized carbons (Fsp3) is 0.167. The van der Waals surface area contributed by atoms with Gasteiger partial charge in [-0.15, -0.1) is 0 Å². The number of oxime groups is 1. The van der Waals surface area contributed by atoms with Crippen LogP contribution in [0.5, 0.6) is 0 Å². The van der Waals surface area contributed by atoms with Crippen LogP contribution in [0.1, 0.15) is 6.92 Å². The van der Waals surface area contributed by atoms with Crippen LogP contribution in [0.15, 0.2) is 17.3 Å². The van der Waals surface area contributed by atoms with Crippen LogP contribution in [-0.2, 0) is 9.63 Å². The molecule has 0 unspecified atom stereocenters. The summed E-state index contributed by atoms with van der Waals surface area (Å²) in [6.45, 7) is 4.64. The van der Waals surface area contributed by atoms with E-state index >= 15 is 0 Å². The quantitative estimate of drug-likeness (QED) is 0.224. The maximum absolute atomic E-state index is 10.8. The number of carbonyl (C=O) groups excluding carboxylic acids is 1. The lowest BCUT2D eigenvalue weighted by Gasteiger charge is -1.97. The Labute approximate surface area is 74.3 Å². The van der Waals surface area contributed by atoms with Crippen molar-refractivity contribution in [3.05, 3.63) is 12.2 Å². The molecule has 0 aromatic carbocycles. The van der Waals surface area contributed by atoms with E-state index in [9.17, 15) is 4.79 Å². The van der Waals surface area contributed by atoms with Crippen LogP contribution in [0.3, 0.4) is 0 Å². The summed E-state index contributed by atoms with van der Waals surface area (Å²) in [4.78, 5) is 15.0. The molecule has 0 saturated heterocycles. The third-order valence-corrected chi connectivity index (χ3v) is 1.01. The minimum absolute atomic E-state index is 0.0947. The molecule has 0 aromatic rings. The Bertz CT molecular complexity index is 256. The molecule has 66 valence electrons. The maximum atomic E-state index is 10.8. The van der Waals surface area contributed by atoms with Crippen LogP contribution in [-0.4, -0.2) is 17.0 Å². The van der Waals surface area contributed by atoms with Crippen molar-refractivity contribution in [3.63, 3.8) is 0 Å². The van der Waals surface area contributed by atoms with E-state index in [4.69, 9.17) is 22.7 Å². The van der Waals surface area contributed by atoms with Crippen LogP contribution in [0, 0.1) is 5.41 Å². The Morgan fingerprint density at radius 3 is 2.58 bits per heavy atom. The first-order valence-electron chi connectivity index (χ1n) is 2.90. The zero-order valence-corrected chi connectivity index (χ0v) is 7.18. The third kappa shape index (κ3) is 3.72. The highest BCUT2D eigenvalue weighted by molar-refractivity contribution is 6.71. The first-order chi connectivity index (χ1) is 5.45. The standard InChI is InChI=1S/C6H8ClN3O2/c1-3(5(7)9)6(11)12-10-4(2)8/h9H,1H2,2H3,(H2,8,10). The predicted molar refractivity (Wildman–Crippen MR) is 46.1 cm³/mol. The van der Waals surface area contributed by atoms with Gasteiger partial charge in [-0.05, 0) is 6.92 Å². The number of nitrogens with zero attached hydrogens (tertiary/aromatic N) is 1. The zero-order chi connectivity index (χ0) is 9.72. The van der Waals surface area contributed by atoms with E-state index in [0.717, 1.165) is 0 Å². The molecule has 0 aliphatic heterocycles. The van der Waals surface area contributed by atoms with Crippen LogP contribution in [0.25, 0.3) is 0 Å². The molecule has 0 saturated carbocycles. The highest BCUT2D eigenvalue weighted by atomic mass is 35.5. The van der Waals surface area contributed by atoms with Crippen molar-refractivity contribution >= 4 is 28.6 Å². The van der Waals surface area contributed by atoms with Gasteiger partial charge < -0.3 is 10.6 Å². The Morgan fingerprint density at radius 2 is 2.25 bits per heavy atom. The molecule has 5 nitrogen and oxygen atoms in total. The van der Waals surface area contributed by atoms with E-state index in [-0.39, 0.29) is 11.4 Å². The second-order valence-corrected chi connectivity index (χ2v) is 2.28. The minimum Gasteiger partial charge on any atom is -0.385 e. The first-order valence-corrected chi connectivity index (χ1v) is 3.27. The highest BCUT2D eigenvalue weighted by Gasteiger charge is 2.11. The second kappa shape index (κ2) is 4.50. The summed E-state index contributed by atoms with van der Waals surface area (Å²) in [5.41, 5.74) is 4.81. The molecule has 0 amide bonds. The SMILES string of the molecule is C=C(C(=N)Cl)C(=O)ON=C(C)N. The van der Waals surface area contributed by atoms with Gasteiger partial charge in [0.15, 0.2) is 0 Å². The first kappa shape index (κ1) is 10.6. The second-order valence-electron chi connectivity index (χ2n) is 1.90. The summed E-state index contributed by atoms with van der Waals surface area (Å²) < 4.78 is 0. The number of amidine groups is 1. The summed E-state index contributed by atoms with van der Waals surface area (Å²) in [5.74, 6) is -0.794. The Morgan fingerprint density at radius 1 is 1.75 bits per heavy atom. The molecule has 3 N–H and O–H groups in total. The van der Waals surface area contributed by atoms with Gasteiger partial charge in [0.2, 0.25) is 0 Å². The predicted octanol–water partition coefficient (Wildman–Crippen LogP) is 0.594. The Kier molecular flexibility index (Phi) is 3.99. The number of halogens is 1. The number of hydrogen-bond acceptors (Lipinski definition) is 4. The van der Waals surface area contributed by atoms with E-state index < -0.39 is 11.1 Å². The van der Waals surface area contributed by atoms with Gasteiger partial charge in [-0.3, -0.25) is 5.41 Å². The number of nitrogens with two attached hydrogens (primary N) is 1. The van der Waals surface area contributed by atoms with Gasteiger partial charge in [-0.1, -0.05) is 23.3 Å². The molecule has 0 radical (unpaired) electrons. The molecular weight excluding hydrogens is 182 g/mol. The Hall–Kier alpha value is -1.36. The van der Waals surface area contributed by atoms with E-state index in [1.165, 1.54) is 6.92 Å². The molecule has 0 aliphatic carbocycles. The average molecular weight is 190 g/mol. The van der Waals surface area contributed by atoms with Crippen molar-refractivity contribution in [2.75, 3.05) is 0 Å². The molecule has 0 aliphatic rings. The molecule has 12 heavy (non-hydrogen) atoms. The van der Waals surface area contributed by atoms with Gasteiger partial charge in [0, 0.05) is 0 Å². The summed E-state index contributed by atoms with van der Waals surface area (Å²) in [6, 6.07) is 0. The fourth-order valence-electron chi connectivity index (χ4n) is 0.258. The number of hydrogen-bond donors (Lipinski definition) is 2. The molecule has 0 atom stereocenters. The number of rotatable bonds is 3. The van der Waals surface area contributed by atoms with Crippen LogP contribution >= 0.6 is 11.6 Å². The largest absolute Gasteiger partial charge is 0.385 e. The lowest BCUT2D eigenvalue weighted by atomic mass is 10.3. The van der Waals surface area contributed by atoms with Crippen molar-refractivity contribution in [1.29, 1.82) is 5.41 Å². The monoisotopic (exact) mass is 189 g/mol. The molecule has 0 heterocycles. The zero-order valence-electron chi connectivity index (χ0n) is 6.43. The highest BCUT2D eigenvalue weighted by Crippen LogP contribution is 2.00. The van der Waals surface area contributed by atoms with Crippen LogP contribution in [0.2, 0.25) is 0 Å². The lowest BCUT2D eigenvalue weighted by Crippen LogP contribution is -2.12. The number of carbonyl (C=O) groups is 1. The number of nitrogens with one attached hydrogen (secondary N) is 1. The van der Waals surface area contributed by atoms with Gasteiger partial charge in [0.05, 0.1) is 5.57 Å². The van der Waals surface area contributed by atoms with Gasteiger partial charge in [-0.2, -0.15) is 0 Å². The smallest absolute Gasteiger partial charge is 0.368 e. The normalized spacial score (nSPS) is 10.7. The van der Waals surface area contributed by atoms with E-state index in [2.05, 4.69) is 16.6 Å². The van der Waals surface area contributed by atoms with Gasteiger partial charge >= 0.3 is 5.97 Å². The summed E-state index contributed by atoms with van der Waals surface area (Å²) in [5, 5.41) is 9.48. The summed E-state index contributed by atoms with van der Waals surface area (Å²) >= 11 is 5.14. The van der Waals surface area contributed by atoms with Gasteiger partial charge in [0.25, 0.3) is 0 Å². The van der Waals surface area contributed by atoms with Crippen molar-refractivity contribution in [3.8, 4) is 0 Å². The third-order valence-electron chi connectivity index (χ3n) is 0.784. The maximum Gasteiger partial charge on any atom is 0.368 e. The molecular formula is C6H8ClN3O2. The van der Waals surface area contributed by atoms with E-state index in [0.29, 0.717) is 0 Å². The molecule has 0 fully saturated rings. The topological polar surface area (TPSA) is 88.5 Å². The van der Waals surface area contributed by atoms with Crippen molar-refractivity contribution < 1.29 is 9.63 Å². The van der Waals surface area contributed by atoms with Crippen LogP contribution < -0.4 is 5.73 Å². The molecule has 0 rings (SSSR count). The summed E-state index contributed by atoms with van der Waals surface area (Å²) in [7, 11) is 0. The molecule has 0 spiro atoms. The van der Waals surface area contributed by atoms with Crippen LogP contribution in [0.4, 0.5) is 0 Å². The Balaban J connectivity index is 4.16. The molecule has 0 bridgehead atoms. The van der Waals surface area contributed by atoms with E-state index in [1.54, 1.807) is 0 Å². The minimum atomic E-state index is -0.889. The van der Waals surface area contributed by atoms with Crippen molar-refractivity contribution in [2.45, 2.75) is 6.92 Å². The van der Waals surface area contributed by atoms with Crippen molar-refractivity contribution in [2.24, 2.45) is 10.9 Å². The van der Waals surface area contributed by atoms with Crippen molar-refractivity contribution in [1.82, 2.24) is 0 Å². The van der Waals surface area contributed by atoms with Gasteiger partial charge in [-0.25, -0.2) is 4.79 Å². The fourth-order valence-corrected chi connectivity index (χ4v) is 0.335. The summed E-state index contributed by atoms with van der Waals surface area (Å²) in [6.07, 6.45) is 0. The lowest BCUT2D eigenvalue weighted by molar-refractivity contribution is -0.138. The molecule has 6 heteroatoms. The van der Waals surface area contributed by atoms with E-state index in [1.807, 2.05) is 0 Å². The van der Waals surface area contributed by atoms with Gasteiger partial charge in [0.1, 0.15) is 11.0 Å². The average Bonchev–Trinajstić information content (AvgIpc) is 1.98. The molecule has 0 aromatic heterocycles.